The standard InChI is InChI=1S/C32H39ClF3N3O4/c1-20(2)25(29(41)32(34,35)36)19-28(40)26(17-21-8-5-4-6-9-21)37-31(43)27(18-22-10-7-11-24(33)16-22)38-30(42)23-12-14-39(3)15-13-23/h4-11,16,20,23,25-27H,12-15,17-19H2,1-3H3,(H,37,43)(H,38,42)/t25-,26-,27-/m0/s1. The van der Waals surface area contributed by atoms with Gasteiger partial charge in [-0.25, -0.2) is 0 Å². The summed E-state index contributed by atoms with van der Waals surface area (Å²) in [6.45, 7) is 4.38. The van der Waals surface area contributed by atoms with E-state index in [1.165, 1.54) is 13.8 Å². The van der Waals surface area contributed by atoms with Crippen molar-refractivity contribution in [3.8, 4) is 0 Å². The van der Waals surface area contributed by atoms with Gasteiger partial charge in [-0.15, -0.1) is 0 Å². The summed E-state index contributed by atoms with van der Waals surface area (Å²) in [5.74, 6) is -6.23. The van der Waals surface area contributed by atoms with Gasteiger partial charge in [0.05, 0.1) is 6.04 Å². The molecule has 1 saturated heterocycles. The lowest BCUT2D eigenvalue weighted by atomic mass is 9.84. The lowest BCUT2D eigenvalue weighted by molar-refractivity contribution is -0.177. The molecule has 3 atom stereocenters. The van der Waals surface area contributed by atoms with Crippen molar-refractivity contribution in [1.82, 2.24) is 15.5 Å². The van der Waals surface area contributed by atoms with Crippen molar-refractivity contribution in [3.63, 3.8) is 0 Å². The van der Waals surface area contributed by atoms with Gasteiger partial charge in [0, 0.05) is 29.7 Å². The van der Waals surface area contributed by atoms with E-state index in [0.29, 0.717) is 29.0 Å². The number of alkyl halides is 3. The fourth-order valence-corrected chi connectivity index (χ4v) is 5.45. The molecule has 0 bridgehead atoms. The predicted octanol–water partition coefficient (Wildman–Crippen LogP) is 4.80. The van der Waals surface area contributed by atoms with Crippen LogP contribution >= 0.6 is 11.6 Å². The van der Waals surface area contributed by atoms with Crippen molar-refractivity contribution in [1.29, 1.82) is 0 Å². The van der Waals surface area contributed by atoms with E-state index in [9.17, 15) is 32.3 Å². The highest BCUT2D eigenvalue weighted by Crippen LogP contribution is 2.28. The molecule has 0 aromatic heterocycles. The zero-order valence-corrected chi connectivity index (χ0v) is 25.4. The van der Waals surface area contributed by atoms with E-state index < -0.39 is 54.0 Å². The van der Waals surface area contributed by atoms with Gasteiger partial charge in [-0.1, -0.05) is 67.9 Å². The topological polar surface area (TPSA) is 95.6 Å². The maximum absolute atomic E-state index is 13.8. The molecule has 1 heterocycles. The Kier molecular flexibility index (Phi) is 12.3. The molecule has 1 fully saturated rings. The second-order valence-corrected chi connectivity index (χ2v) is 12.0. The van der Waals surface area contributed by atoms with E-state index in [4.69, 9.17) is 11.6 Å². The first-order valence-electron chi connectivity index (χ1n) is 14.5. The minimum absolute atomic E-state index is 0.00320. The molecule has 0 unspecified atom stereocenters. The molecule has 0 spiro atoms. The van der Waals surface area contributed by atoms with E-state index in [2.05, 4.69) is 15.5 Å². The fraction of sp³-hybridized carbons (Fsp3) is 0.500. The minimum atomic E-state index is -5.09. The first kappa shape index (κ1) is 34.3. The molecule has 0 aliphatic carbocycles. The van der Waals surface area contributed by atoms with Crippen molar-refractivity contribution in [3.05, 3.63) is 70.7 Å². The maximum Gasteiger partial charge on any atom is 0.450 e. The van der Waals surface area contributed by atoms with Crippen molar-refractivity contribution in [2.45, 2.75) is 64.2 Å². The highest BCUT2D eigenvalue weighted by atomic mass is 35.5. The monoisotopic (exact) mass is 621 g/mol. The third kappa shape index (κ3) is 10.5. The number of Topliss-reactive ketones (excluding diaryl/α,β-unsaturated/α-hetero) is 2. The number of likely N-dealkylation sites (tertiary alicyclic amines) is 1. The van der Waals surface area contributed by atoms with Gasteiger partial charge < -0.3 is 15.5 Å². The Morgan fingerprint density at radius 3 is 2.09 bits per heavy atom. The number of rotatable bonds is 13. The van der Waals surface area contributed by atoms with Crippen LogP contribution in [0.4, 0.5) is 13.2 Å². The first-order chi connectivity index (χ1) is 20.2. The Hall–Kier alpha value is -3.24. The molecule has 0 radical (unpaired) electrons. The van der Waals surface area contributed by atoms with E-state index in [0.717, 1.165) is 13.1 Å². The number of hydrogen-bond donors (Lipinski definition) is 2. The third-order valence-corrected chi connectivity index (χ3v) is 8.12. The van der Waals surface area contributed by atoms with Crippen molar-refractivity contribution < 1.29 is 32.3 Å². The number of carbonyl (C=O) groups excluding carboxylic acids is 4. The van der Waals surface area contributed by atoms with Crippen LogP contribution in [0.25, 0.3) is 0 Å². The van der Waals surface area contributed by atoms with Crippen LogP contribution in [0.2, 0.25) is 5.02 Å². The fourth-order valence-electron chi connectivity index (χ4n) is 5.24. The maximum atomic E-state index is 13.8. The van der Waals surface area contributed by atoms with Gasteiger partial charge in [0.1, 0.15) is 6.04 Å². The van der Waals surface area contributed by atoms with Gasteiger partial charge in [-0.2, -0.15) is 13.2 Å². The molecule has 234 valence electrons. The Bertz CT molecular complexity index is 1260. The van der Waals surface area contributed by atoms with Gasteiger partial charge in [-0.3, -0.25) is 19.2 Å². The normalized spacial score (nSPS) is 16.7. The van der Waals surface area contributed by atoms with E-state index in [1.807, 2.05) is 7.05 Å². The number of hydrogen-bond acceptors (Lipinski definition) is 5. The van der Waals surface area contributed by atoms with Crippen LogP contribution in [0.3, 0.4) is 0 Å². The van der Waals surface area contributed by atoms with Gasteiger partial charge in [0.15, 0.2) is 5.78 Å². The summed E-state index contributed by atoms with van der Waals surface area (Å²) in [5.41, 5.74) is 1.35. The van der Waals surface area contributed by atoms with Gasteiger partial charge in [0.2, 0.25) is 17.6 Å². The van der Waals surface area contributed by atoms with E-state index >= 15 is 0 Å². The molecule has 0 saturated carbocycles. The highest BCUT2D eigenvalue weighted by Gasteiger charge is 2.45. The number of benzene rings is 2. The molecule has 2 amide bonds. The molecule has 3 rings (SSSR count). The number of nitrogens with one attached hydrogen (secondary N) is 2. The van der Waals surface area contributed by atoms with Crippen LogP contribution in [0.5, 0.6) is 0 Å². The molecule has 1 aliphatic rings. The van der Waals surface area contributed by atoms with Crippen LogP contribution < -0.4 is 10.6 Å². The van der Waals surface area contributed by atoms with Gasteiger partial charge in [0.25, 0.3) is 0 Å². The Balaban J connectivity index is 1.86. The second kappa shape index (κ2) is 15.5. The van der Waals surface area contributed by atoms with E-state index in [-0.39, 0.29) is 24.7 Å². The van der Waals surface area contributed by atoms with Crippen LogP contribution in [0.1, 0.15) is 44.2 Å². The van der Waals surface area contributed by atoms with Crippen LogP contribution in [-0.2, 0) is 32.0 Å². The number of ketones is 2. The Morgan fingerprint density at radius 1 is 0.907 bits per heavy atom. The summed E-state index contributed by atoms with van der Waals surface area (Å²) in [4.78, 5) is 54.8. The minimum Gasteiger partial charge on any atom is -0.344 e. The zero-order chi connectivity index (χ0) is 31.7. The van der Waals surface area contributed by atoms with E-state index in [1.54, 1.807) is 54.6 Å². The molecule has 2 N–H and O–H groups in total. The average Bonchev–Trinajstić information content (AvgIpc) is 2.95. The molecule has 1 aliphatic heterocycles. The molecule has 43 heavy (non-hydrogen) atoms. The molecule has 2 aromatic carbocycles. The summed E-state index contributed by atoms with van der Waals surface area (Å²) >= 11 is 6.15. The average molecular weight is 622 g/mol. The Labute approximate surface area is 255 Å². The Morgan fingerprint density at radius 2 is 1.51 bits per heavy atom. The third-order valence-electron chi connectivity index (χ3n) is 7.88. The van der Waals surface area contributed by atoms with Crippen LogP contribution in [0, 0.1) is 17.8 Å². The lowest BCUT2D eigenvalue weighted by Gasteiger charge is -2.30. The number of carbonyl (C=O) groups is 4. The quantitative estimate of drug-likeness (QED) is 0.335. The predicted molar refractivity (Wildman–Crippen MR) is 158 cm³/mol. The van der Waals surface area contributed by atoms with Crippen molar-refractivity contribution in [2.24, 2.45) is 17.8 Å². The van der Waals surface area contributed by atoms with Crippen molar-refractivity contribution in [2.75, 3.05) is 20.1 Å². The summed E-state index contributed by atoms with van der Waals surface area (Å²) < 4.78 is 40.0. The molecule has 11 heteroatoms. The highest BCUT2D eigenvalue weighted by molar-refractivity contribution is 6.30. The van der Waals surface area contributed by atoms with Crippen LogP contribution in [-0.4, -0.2) is 66.7 Å². The summed E-state index contributed by atoms with van der Waals surface area (Å²) in [5, 5.41) is 6.00. The first-order valence-corrected chi connectivity index (χ1v) is 14.8. The summed E-state index contributed by atoms with van der Waals surface area (Å²) in [6, 6.07) is 13.3. The summed E-state index contributed by atoms with van der Waals surface area (Å²) in [7, 11) is 1.97. The number of amides is 2. The summed E-state index contributed by atoms with van der Waals surface area (Å²) in [6.07, 6.45) is -4.43. The molecular formula is C32H39ClF3N3O4. The van der Waals surface area contributed by atoms with Crippen molar-refractivity contribution >= 4 is 35.0 Å². The second-order valence-electron chi connectivity index (χ2n) is 11.6. The van der Waals surface area contributed by atoms with Gasteiger partial charge in [-0.05, 0) is 68.6 Å². The number of halogens is 4. The zero-order valence-electron chi connectivity index (χ0n) is 24.6. The molecule has 2 aromatic rings. The molecule has 7 nitrogen and oxygen atoms in total. The smallest absolute Gasteiger partial charge is 0.344 e. The number of nitrogens with zero attached hydrogens (tertiary/aromatic N) is 1. The lowest BCUT2D eigenvalue weighted by Crippen LogP contribution is -2.54. The van der Waals surface area contributed by atoms with Crippen LogP contribution in [0.15, 0.2) is 54.6 Å². The molecular weight excluding hydrogens is 583 g/mol. The number of piperidine rings is 1. The largest absolute Gasteiger partial charge is 0.450 e. The SMILES string of the molecule is CC(C)[C@H](CC(=O)[C@H](Cc1ccccc1)NC(=O)[C@H](Cc1cccc(Cl)c1)NC(=O)C1CCN(C)CC1)C(=O)C(F)(F)F. The van der Waals surface area contributed by atoms with Gasteiger partial charge >= 0.3 is 6.18 Å².